The van der Waals surface area contributed by atoms with E-state index in [9.17, 15) is 9.59 Å². The molecule has 0 fully saturated rings. The van der Waals surface area contributed by atoms with Crippen LogP contribution in [0.2, 0.25) is 0 Å². The van der Waals surface area contributed by atoms with Gasteiger partial charge in [-0.3, -0.25) is 9.59 Å². The molecule has 3 rings (SSSR count). The summed E-state index contributed by atoms with van der Waals surface area (Å²) in [5, 5.41) is 7.37. The van der Waals surface area contributed by atoms with Gasteiger partial charge in [0.15, 0.2) is 5.78 Å². The van der Waals surface area contributed by atoms with E-state index >= 15 is 0 Å². The number of hydrogen-bond acceptors (Lipinski definition) is 3. The summed E-state index contributed by atoms with van der Waals surface area (Å²) in [6.45, 7) is 5.20. The van der Waals surface area contributed by atoms with E-state index in [0.717, 1.165) is 15.9 Å². The lowest BCUT2D eigenvalue weighted by molar-refractivity contribution is 0.101. The molecule has 0 aliphatic carbocycles. The Hall–Kier alpha value is -2.73. The van der Waals surface area contributed by atoms with Crippen molar-refractivity contribution in [2.75, 3.05) is 5.32 Å². The molecule has 0 saturated heterocycles. The second-order valence-electron chi connectivity index (χ2n) is 6.02. The van der Waals surface area contributed by atoms with Gasteiger partial charge in [0.25, 0.3) is 5.91 Å². The Labute approximate surface area is 160 Å². The van der Waals surface area contributed by atoms with Crippen LogP contribution < -0.4 is 5.32 Å². The summed E-state index contributed by atoms with van der Waals surface area (Å²) >= 11 is 3.42. The van der Waals surface area contributed by atoms with E-state index < -0.39 is 0 Å². The molecule has 1 amide bonds. The molecule has 0 aliphatic heterocycles. The first-order valence-electron chi connectivity index (χ1n) is 8.11. The van der Waals surface area contributed by atoms with Gasteiger partial charge >= 0.3 is 0 Å². The summed E-state index contributed by atoms with van der Waals surface area (Å²) in [4.78, 5) is 24.1. The normalized spacial score (nSPS) is 10.6. The van der Waals surface area contributed by atoms with Crippen LogP contribution in [0.3, 0.4) is 0 Å². The molecule has 0 spiro atoms. The summed E-state index contributed by atoms with van der Waals surface area (Å²) in [6.07, 6.45) is 0. The zero-order valence-electron chi connectivity index (χ0n) is 14.7. The highest BCUT2D eigenvalue weighted by atomic mass is 79.9. The predicted molar refractivity (Wildman–Crippen MR) is 105 cm³/mol. The number of aryl methyl sites for hydroxylation is 1. The molecule has 0 atom stereocenters. The number of carbonyl (C=O) groups excluding carboxylic acids is 2. The molecule has 0 unspecified atom stereocenters. The average molecular weight is 412 g/mol. The zero-order valence-corrected chi connectivity index (χ0v) is 16.3. The lowest BCUT2D eigenvalue weighted by Crippen LogP contribution is -2.14. The lowest BCUT2D eigenvalue weighted by atomic mass is 10.1. The van der Waals surface area contributed by atoms with Gasteiger partial charge in [0.2, 0.25) is 0 Å². The molecule has 1 N–H and O–H groups in total. The Morgan fingerprint density at radius 3 is 2.19 bits per heavy atom. The van der Waals surface area contributed by atoms with Gasteiger partial charge < -0.3 is 5.32 Å². The quantitative estimate of drug-likeness (QED) is 0.632. The minimum absolute atomic E-state index is 0.00894. The van der Waals surface area contributed by atoms with Crippen LogP contribution in [0.15, 0.2) is 53.0 Å². The molecule has 0 bridgehead atoms. The fraction of sp³-hybridized carbons (Fsp3) is 0.150. The van der Waals surface area contributed by atoms with Crippen LogP contribution in [0, 0.1) is 13.8 Å². The highest BCUT2D eigenvalue weighted by Crippen LogP contribution is 2.21. The average Bonchev–Trinajstić information content (AvgIpc) is 2.90. The van der Waals surface area contributed by atoms with Crippen LogP contribution in [0.25, 0.3) is 5.69 Å². The summed E-state index contributed by atoms with van der Waals surface area (Å²) in [7, 11) is 0. The Morgan fingerprint density at radius 1 is 1.00 bits per heavy atom. The monoisotopic (exact) mass is 411 g/mol. The molecule has 0 radical (unpaired) electrons. The molecule has 0 saturated carbocycles. The topological polar surface area (TPSA) is 64.0 Å². The van der Waals surface area contributed by atoms with E-state index in [0.29, 0.717) is 22.5 Å². The van der Waals surface area contributed by atoms with E-state index in [1.54, 1.807) is 28.9 Å². The summed E-state index contributed by atoms with van der Waals surface area (Å²) in [5.41, 5.74) is 4.10. The minimum atomic E-state index is -0.223. The van der Waals surface area contributed by atoms with Crippen molar-refractivity contribution in [2.24, 2.45) is 0 Å². The fourth-order valence-electron chi connectivity index (χ4n) is 2.79. The van der Waals surface area contributed by atoms with Crippen molar-refractivity contribution in [1.29, 1.82) is 0 Å². The molecule has 132 valence electrons. The number of hydrogen-bond donors (Lipinski definition) is 1. The van der Waals surface area contributed by atoms with Crippen molar-refractivity contribution >= 4 is 33.3 Å². The highest BCUT2D eigenvalue weighted by molar-refractivity contribution is 9.10. The fourth-order valence-corrected chi connectivity index (χ4v) is 3.05. The molecule has 6 heteroatoms. The number of aromatic nitrogens is 2. The summed E-state index contributed by atoms with van der Waals surface area (Å²) < 4.78 is 2.74. The number of benzene rings is 2. The van der Waals surface area contributed by atoms with Crippen molar-refractivity contribution in [3.05, 3.63) is 75.5 Å². The van der Waals surface area contributed by atoms with Crippen molar-refractivity contribution in [3.8, 4) is 5.69 Å². The second kappa shape index (κ2) is 7.25. The van der Waals surface area contributed by atoms with E-state index in [-0.39, 0.29) is 11.7 Å². The van der Waals surface area contributed by atoms with Crippen LogP contribution >= 0.6 is 15.9 Å². The van der Waals surface area contributed by atoms with Crippen molar-refractivity contribution in [3.63, 3.8) is 0 Å². The summed E-state index contributed by atoms with van der Waals surface area (Å²) in [6, 6.07) is 14.6. The lowest BCUT2D eigenvalue weighted by Gasteiger charge is -2.07. The maximum absolute atomic E-state index is 12.7. The number of Topliss-reactive ketones (excluding diaryl/α,β-unsaturated/α-hetero) is 1. The Kier molecular flexibility index (Phi) is 5.04. The van der Waals surface area contributed by atoms with Gasteiger partial charge in [0.1, 0.15) is 0 Å². The Balaban J connectivity index is 1.88. The van der Waals surface area contributed by atoms with Gasteiger partial charge in [-0.25, -0.2) is 4.68 Å². The molecule has 2 aromatic carbocycles. The predicted octanol–water partition coefficient (Wildman–Crippen LogP) is 4.71. The number of halogens is 1. The largest absolute Gasteiger partial charge is 0.322 e. The number of ketones is 1. The van der Waals surface area contributed by atoms with Gasteiger partial charge in [0, 0.05) is 15.7 Å². The van der Waals surface area contributed by atoms with Crippen molar-refractivity contribution < 1.29 is 9.59 Å². The number of nitrogens with zero attached hydrogens (tertiary/aromatic N) is 2. The van der Waals surface area contributed by atoms with Crippen LogP contribution in [0.1, 0.15) is 39.0 Å². The molecule has 1 aromatic heterocycles. The third kappa shape index (κ3) is 3.60. The highest BCUT2D eigenvalue weighted by Gasteiger charge is 2.19. The third-order valence-corrected chi connectivity index (χ3v) is 4.67. The minimum Gasteiger partial charge on any atom is -0.322 e. The maximum Gasteiger partial charge on any atom is 0.259 e. The molecule has 5 nitrogen and oxygen atoms in total. The second-order valence-corrected chi connectivity index (χ2v) is 6.94. The van der Waals surface area contributed by atoms with Gasteiger partial charge in [0.05, 0.1) is 22.6 Å². The van der Waals surface area contributed by atoms with E-state index in [1.165, 1.54) is 6.92 Å². The first-order chi connectivity index (χ1) is 12.4. The summed E-state index contributed by atoms with van der Waals surface area (Å²) in [5.74, 6) is -0.232. The number of carbonyl (C=O) groups is 2. The first kappa shape index (κ1) is 18.1. The van der Waals surface area contributed by atoms with Gasteiger partial charge in [-0.05, 0) is 69.3 Å². The molecule has 0 aliphatic rings. The SMILES string of the molecule is CC(=O)c1ccc(NC(=O)c2c(C)nn(-c3ccc(Br)cc3)c2C)cc1. The smallest absolute Gasteiger partial charge is 0.259 e. The van der Waals surface area contributed by atoms with Gasteiger partial charge in [-0.2, -0.15) is 5.10 Å². The van der Waals surface area contributed by atoms with Gasteiger partial charge in [-0.1, -0.05) is 15.9 Å². The Morgan fingerprint density at radius 2 is 1.62 bits per heavy atom. The van der Waals surface area contributed by atoms with E-state index in [1.807, 2.05) is 38.1 Å². The molecule has 1 heterocycles. The number of amides is 1. The Bertz CT molecular complexity index is 974. The number of anilines is 1. The number of nitrogens with one attached hydrogen (secondary N) is 1. The molecule has 26 heavy (non-hydrogen) atoms. The molecular formula is C20H18BrN3O2. The van der Waals surface area contributed by atoms with E-state index in [2.05, 4.69) is 26.3 Å². The molecule has 3 aromatic rings. The zero-order chi connectivity index (χ0) is 18.8. The van der Waals surface area contributed by atoms with Crippen LogP contribution in [0.5, 0.6) is 0 Å². The standard InChI is InChI=1S/C20H18BrN3O2/c1-12-19(13(2)24(23-12)18-10-6-16(21)7-11-18)20(26)22-17-8-4-15(5-9-17)14(3)25/h4-11H,1-3H3,(H,22,26). The maximum atomic E-state index is 12.7. The van der Waals surface area contributed by atoms with Crippen molar-refractivity contribution in [1.82, 2.24) is 9.78 Å². The van der Waals surface area contributed by atoms with Crippen LogP contribution in [-0.2, 0) is 0 Å². The third-order valence-electron chi connectivity index (χ3n) is 4.14. The molecular weight excluding hydrogens is 394 g/mol. The van der Waals surface area contributed by atoms with Gasteiger partial charge in [-0.15, -0.1) is 0 Å². The number of rotatable bonds is 4. The van der Waals surface area contributed by atoms with Crippen LogP contribution in [0.4, 0.5) is 5.69 Å². The first-order valence-corrected chi connectivity index (χ1v) is 8.90. The van der Waals surface area contributed by atoms with Crippen molar-refractivity contribution in [2.45, 2.75) is 20.8 Å². The van der Waals surface area contributed by atoms with Crippen LogP contribution in [-0.4, -0.2) is 21.5 Å². The van der Waals surface area contributed by atoms with E-state index in [4.69, 9.17) is 0 Å².